The molecule has 0 aliphatic carbocycles. The summed E-state index contributed by atoms with van der Waals surface area (Å²) in [5.41, 5.74) is 2.39. The second-order valence-electron chi connectivity index (χ2n) is 5.09. The number of carbonyl (C=O) groups excluding carboxylic acids is 1. The lowest BCUT2D eigenvalue weighted by Gasteiger charge is -2.08. The van der Waals surface area contributed by atoms with Gasteiger partial charge in [0.25, 0.3) is 5.89 Å². The average molecular weight is 309 g/mol. The van der Waals surface area contributed by atoms with Gasteiger partial charge in [-0.05, 0) is 38.1 Å². The normalized spacial score (nSPS) is 11.9. The van der Waals surface area contributed by atoms with E-state index in [-0.39, 0.29) is 5.89 Å². The fourth-order valence-corrected chi connectivity index (χ4v) is 1.98. The number of benzene rings is 1. The lowest BCUT2D eigenvalue weighted by atomic mass is 10.1. The van der Waals surface area contributed by atoms with Gasteiger partial charge < -0.3 is 9.15 Å². The molecule has 116 valence electrons. The molecule has 0 aliphatic heterocycles. The van der Waals surface area contributed by atoms with Crippen LogP contribution in [0.1, 0.15) is 34.8 Å². The summed E-state index contributed by atoms with van der Waals surface area (Å²) in [5, 5.41) is 7.95. The van der Waals surface area contributed by atoms with E-state index in [2.05, 4.69) is 15.2 Å². The van der Waals surface area contributed by atoms with Crippen molar-refractivity contribution in [3.05, 3.63) is 65.8 Å². The number of ether oxygens (including phenoxy) is 1. The van der Waals surface area contributed by atoms with Gasteiger partial charge in [-0.1, -0.05) is 17.7 Å². The van der Waals surface area contributed by atoms with Crippen LogP contribution < -0.4 is 0 Å². The first kappa shape index (κ1) is 14.9. The van der Waals surface area contributed by atoms with E-state index in [0.29, 0.717) is 11.5 Å². The van der Waals surface area contributed by atoms with Crippen molar-refractivity contribution >= 4 is 5.97 Å². The topological polar surface area (TPSA) is 78.1 Å². The lowest BCUT2D eigenvalue weighted by molar-refractivity contribution is 0.0279. The Kier molecular flexibility index (Phi) is 4.14. The molecule has 0 amide bonds. The Hall–Kier alpha value is -3.02. The second-order valence-corrected chi connectivity index (χ2v) is 5.09. The second kappa shape index (κ2) is 6.39. The molecule has 0 unspecified atom stereocenters. The van der Waals surface area contributed by atoms with E-state index in [0.717, 1.165) is 11.1 Å². The third-order valence-electron chi connectivity index (χ3n) is 3.29. The summed E-state index contributed by atoms with van der Waals surface area (Å²) in [6.07, 6.45) is 2.43. The number of esters is 1. The van der Waals surface area contributed by atoms with Crippen LogP contribution in [0.4, 0.5) is 0 Å². The largest absolute Gasteiger partial charge is 0.449 e. The van der Waals surface area contributed by atoms with Crippen molar-refractivity contribution < 1.29 is 13.9 Å². The van der Waals surface area contributed by atoms with Crippen LogP contribution in [0, 0.1) is 6.92 Å². The Balaban J connectivity index is 1.72. The number of carbonyl (C=O) groups is 1. The van der Waals surface area contributed by atoms with Crippen molar-refractivity contribution in [2.24, 2.45) is 0 Å². The molecule has 0 bridgehead atoms. The molecule has 6 nitrogen and oxygen atoms in total. The number of nitrogens with zero attached hydrogens (tertiary/aromatic N) is 3. The van der Waals surface area contributed by atoms with Crippen molar-refractivity contribution in [2.45, 2.75) is 20.0 Å². The monoisotopic (exact) mass is 309 g/mol. The van der Waals surface area contributed by atoms with Crippen LogP contribution in [0.25, 0.3) is 11.5 Å². The predicted octanol–water partition coefficient (Wildman–Crippen LogP) is 3.36. The number of aryl methyl sites for hydroxylation is 1. The van der Waals surface area contributed by atoms with Gasteiger partial charge in [0, 0.05) is 18.0 Å². The summed E-state index contributed by atoms with van der Waals surface area (Å²) < 4.78 is 10.9. The molecule has 2 heterocycles. The maximum atomic E-state index is 12.0. The van der Waals surface area contributed by atoms with Gasteiger partial charge in [0.05, 0.1) is 5.56 Å². The molecule has 1 aromatic carbocycles. The third kappa shape index (κ3) is 3.42. The van der Waals surface area contributed by atoms with Crippen molar-refractivity contribution in [1.82, 2.24) is 15.2 Å². The molecule has 0 saturated heterocycles. The van der Waals surface area contributed by atoms with Crippen LogP contribution in [0.3, 0.4) is 0 Å². The Morgan fingerprint density at radius 1 is 1.09 bits per heavy atom. The smallest absolute Gasteiger partial charge is 0.339 e. The molecular weight excluding hydrogens is 294 g/mol. The zero-order valence-electron chi connectivity index (χ0n) is 12.8. The zero-order chi connectivity index (χ0) is 16.2. The number of rotatable bonds is 4. The van der Waals surface area contributed by atoms with Crippen LogP contribution >= 0.6 is 0 Å². The van der Waals surface area contributed by atoms with E-state index in [1.54, 1.807) is 19.1 Å². The van der Waals surface area contributed by atoms with Crippen LogP contribution in [0.2, 0.25) is 0 Å². The minimum Gasteiger partial charge on any atom is -0.449 e. The Bertz CT molecular complexity index is 797. The van der Waals surface area contributed by atoms with Gasteiger partial charge in [-0.3, -0.25) is 4.98 Å². The maximum absolute atomic E-state index is 12.0. The van der Waals surface area contributed by atoms with Crippen molar-refractivity contribution in [1.29, 1.82) is 0 Å². The third-order valence-corrected chi connectivity index (χ3v) is 3.29. The fraction of sp³-hybridized carbons (Fsp3) is 0.176. The summed E-state index contributed by atoms with van der Waals surface area (Å²) in [6, 6.07) is 10.9. The zero-order valence-corrected chi connectivity index (χ0v) is 12.8. The molecule has 0 fully saturated rings. The van der Waals surface area contributed by atoms with E-state index < -0.39 is 12.1 Å². The quantitative estimate of drug-likeness (QED) is 0.688. The average Bonchev–Trinajstić information content (AvgIpc) is 3.06. The highest BCUT2D eigenvalue weighted by Crippen LogP contribution is 2.23. The molecule has 0 saturated carbocycles. The summed E-state index contributed by atoms with van der Waals surface area (Å²) >= 11 is 0. The highest BCUT2D eigenvalue weighted by atomic mass is 16.6. The van der Waals surface area contributed by atoms with Gasteiger partial charge in [-0.2, -0.15) is 0 Å². The molecule has 3 aromatic rings. The minimum atomic E-state index is -0.637. The first-order valence-electron chi connectivity index (χ1n) is 7.15. The molecule has 3 rings (SSSR count). The van der Waals surface area contributed by atoms with Crippen LogP contribution in [0.5, 0.6) is 0 Å². The van der Waals surface area contributed by atoms with Gasteiger partial charge in [-0.25, -0.2) is 4.79 Å². The van der Waals surface area contributed by atoms with E-state index >= 15 is 0 Å². The number of hydrogen-bond donors (Lipinski definition) is 0. The Morgan fingerprint density at radius 3 is 2.48 bits per heavy atom. The molecule has 0 aliphatic rings. The van der Waals surface area contributed by atoms with Gasteiger partial charge >= 0.3 is 5.97 Å². The van der Waals surface area contributed by atoms with Crippen LogP contribution in [-0.2, 0) is 4.74 Å². The van der Waals surface area contributed by atoms with Gasteiger partial charge in [0.1, 0.15) is 0 Å². The first-order chi connectivity index (χ1) is 11.1. The van der Waals surface area contributed by atoms with Gasteiger partial charge in [-0.15, -0.1) is 10.2 Å². The summed E-state index contributed by atoms with van der Waals surface area (Å²) in [5.74, 6) is 0.185. The Morgan fingerprint density at radius 2 is 1.78 bits per heavy atom. The maximum Gasteiger partial charge on any atom is 0.339 e. The lowest BCUT2D eigenvalue weighted by Crippen LogP contribution is -2.09. The van der Waals surface area contributed by atoms with Crippen molar-refractivity contribution in [3.8, 4) is 11.5 Å². The molecule has 6 heteroatoms. The molecule has 1 atom stereocenters. The molecular formula is C17H15N3O3. The van der Waals surface area contributed by atoms with E-state index in [1.165, 1.54) is 12.4 Å². The van der Waals surface area contributed by atoms with Crippen molar-refractivity contribution in [2.75, 3.05) is 0 Å². The predicted molar refractivity (Wildman–Crippen MR) is 82.5 cm³/mol. The summed E-state index contributed by atoms with van der Waals surface area (Å²) in [4.78, 5) is 15.9. The number of hydrogen-bond acceptors (Lipinski definition) is 6. The van der Waals surface area contributed by atoms with E-state index in [9.17, 15) is 4.79 Å². The highest BCUT2D eigenvalue weighted by molar-refractivity contribution is 5.89. The molecule has 23 heavy (non-hydrogen) atoms. The van der Waals surface area contributed by atoms with E-state index in [4.69, 9.17) is 9.15 Å². The van der Waals surface area contributed by atoms with E-state index in [1.807, 2.05) is 31.2 Å². The van der Waals surface area contributed by atoms with Gasteiger partial charge in [0.15, 0.2) is 6.10 Å². The molecule has 0 N–H and O–H groups in total. The number of pyridine rings is 1. The Labute approximate surface area is 133 Å². The molecule has 0 spiro atoms. The molecule has 2 aromatic heterocycles. The van der Waals surface area contributed by atoms with Crippen LogP contribution in [0.15, 0.2) is 53.2 Å². The standard InChI is InChI=1S/C17H15N3O3/c1-11-3-5-13(6-4-11)16-20-19-15(23-16)12(2)22-17(21)14-7-9-18-10-8-14/h3-10,12H,1-2H3/t12-/m1/s1. The summed E-state index contributed by atoms with van der Waals surface area (Å²) in [7, 11) is 0. The number of aromatic nitrogens is 3. The van der Waals surface area contributed by atoms with Crippen LogP contribution in [-0.4, -0.2) is 21.2 Å². The molecule has 0 radical (unpaired) electrons. The van der Waals surface area contributed by atoms with Gasteiger partial charge in [0.2, 0.25) is 5.89 Å². The fourth-order valence-electron chi connectivity index (χ4n) is 1.98. The SMILES string of the molecule is Cc1ccc(-c2nnc([C@@H](C)OC(=O)c3ccncc3)o2)cc1. The summed E-state index contributed by atoms with van der Waals surface area (Å²) in [6.45, 7) is 3.69. The highest BCUT2D eigenvalue weighted by Gasteiger charge is 2.19. The first-order valence-corrected chi connectivity index (χ1v) is 7.15. The van der Waals surface area contributed by atoms with Crippen molar-refractivity contribution in [3.63, 3.8) is 0 Å². The minimum absolute atomic E-state index is 0.253.